The van der Waals surface area contributed by atoms with Crippen molar-refractivity contribution in [3.63, 3.8) is 0 Å². The van der Waals surface area contributed by atoms with Gasteiger partial charge in [0.05, 0.1) is 11.7 Å². The van der Waals surface area contributed by atoms with Gasteiger partial charge in [0, 0.05) is 32.4 Å². The second-order valence-corrected chi connectivity index (χ2v) is 8.23. The predicted molar refractivity (Wildman–Crippen MR) is 114 cm³/mol. The molecule has 0 unspecified atom stereocenters. The molecular weight excluding hydrogens is 441 g/mol. The van der Waals surface area contributed by atoms with Crippen LogP contribution in [0, 0.1) is 13.8 Å². The molecule has 1 aliphatic rings. The number of hydrogen-bond donors (Lipinski definition) is 3. The van der Waals surface area contributed by atoms with Gasteiger partial charge in [-0.05, 0) is 38.3 Å². The predicted octanol–water partition coefficient (Wildman–Crippen LogP) is 2.04. The van der Waals surface area contributed by atoms with E-state index in [0.29, 0.717) is 19.3 Å². The van der Waals surface area contributed by atoms with Crippen molar-refractivity contribution >= 4 is 5.91 Å². The molecule has 1 atom stereocenters. The van der Waals surface area contributed by atoms with Gasteiger partial charge in [-0.2, -0.15) is 13.2 Å². The van der Waals surface area contributed by atoms with E-state index >= 15 is 0 Å². The Balaban J connectivity index is 1.46. The van der Waals surface area contributed by atoms with Crippen LogP contribution < -0.4 is 15.7 Å². The van der Waals surface area contributed by atoms with Crippen molar-refractivity contribution in [1.29, 1.82) is 0 Å². The number of piperidine rings is 1. The minimum atomic E-state index is -4.92. The number of hydrogen-bond acceptors (Lipinski definition) is 6. The van der Waals surface area contributed by atoms with Gasteiger partial charge >= 0.3 is 11.9 Å². The van der Waals surface area contributed by atoms with Crippen LogP contribution in [0.2, 0.25) is 0 Å². The summed E-state index contributed by atoms with van der Waals surface area (Å²) in [4.78, 5) is 30.0. The maximum Gasteiger partial charge on any atom is 0.432 e. The number of likely N-dealkylation sites (tertiary alicyclic amines) is 1. The van der Waals surface area contributed by atoms with Gasteiger partial charge in [0.25, 0.3) is 5.91 Å². The average molecular weight is 468 g/mol. The molecule has 1 fully saturated rings. The second kappa shape index (κ2) is 10.3. The summed E-state index contributed by atoms with van der Waals surface area (Å²) in [6.07, 6.45) is -3.72. The van der Waals surface area contributed by atoms with Crippen molar-refractivity contribution in [2.75, 3.05) is 26.2 Å². The largest absolute Gasteiger partial charge is 0.490 e. The number of aryl methyl sites for hydroxylation is 2. The number of aliphatic hydroxyl groups is 1. The number of benzene rings is 1. The Labute approximate surface area is 188 Å². The smallest absolute Gasteiger partial charge is 0.432 e. The third kappa shape index (κ3) is 6.78. The highest BCUT2D eigenvalue weighted by atomic mass is 19.4. The molecule has 0 bridgehead atoms. The third-order valence-electron chi connectivity index (χ3n) is 5.47. The Morgan fingerprint density at radius 3 is 2.67 bits per heavy atom. The number of amides is 1. The summed E-state index contributed by atoms with van der Waals surface area (Å²) >= 11 is 0. The molecule has 0 spiro atoms. The van der Waals surface area contributed by atoms with Crippen molar-refractivity contribution in [2.45, 2.75) is 45.1 Å². The van der Waals surface area contributed by atoms with Crippen molar-refractivity contribution in [2.24, 2.45) is 0 Å². The van der Waals surface area contributed by atoms with Gasteiger partial charge in [-0.3, -0.25) is 4.79 Å². The molecule has 8 nitrogen and oxygen atoms in total. The first-order valence-electron chi connectivity index (χ1n) is 10.6. The molecule has 33 heavy (non-hydrogen) atoms. The number of halogens is 3. The highest BCUT2D eigenvalue weighted by Gasteiger charge is 2.37. The molecule has 3 rings (SSSR count). The second-order valence-electron chi connectivity index (χ2n) is 8.23. The minimum absolute atomic E-state index is 0.0630. The highest BCUT2D eigenvalue weighted by Crippen LogP contribution is 2.29. The maximum absolute atomic E-state index is 13.1. The summed E-state index contributed by atoms with van der Waals surface area (Å²) in [5.41, 5.74) is -1.24. The first-order valence-corrected chi connectivity index (χ1v) is 10.6. The standard InChI is InChI=1S/C22H27F3N4O4/c1-13-3-4-18(14(2)9-13)33-16-5-7-29(8-6-16)12-15(30)10-26-20(31)17-11-27-21(32)28-19(17)22(23,24)25/h3-4,9,11,15-16,30H,5-8,10,12H2,1-2H3,(H,26,31)(H,27,28,32)/t15-/m1/s1. The van der Waals surface area contributed by atoms with E-state index < -0.39 is 35.1 Å². The Hall–Kier alpha value is -2.92. The molecule has 2 heterocycles. The van der Waals surface area contributed by atoms with Crippen LogP contribution in [0.4, 0.5) is 13.2 Å². The molecular formula is C22H27F3N4O4. The van der Waals surface area contributed by atoms with Crippen molar-refractivity contribution in [3.8, 4) is 5.75 Å². The molecule has 1 aliphatic heterocycles. The van der Waals surface area contributed by atoms with E-state index in [1.54, 1.807) is 4.98 Å². The van der Waals surface area contributed by atoms with Gasteiger partial charge in [-0.25, -0.2) is 9.78 Å². The number of β-amino-alcohol motifs (C(OH)–C–C–N with tert-alkyl or cyclic N) is 1. The lowest BCUT2D eigenvalue weighted by Gasteiger charge is -2.33. The normalized spacial score (nSPS) is 16.4. The Bertz CT molecular complexity index is 1030. The molecule has 2 aromatic rings. The van der Waals surface area contributed by atoms with Gasteiger partial charge in [0.2, 0.25) is 0 Å². The number of nitrogens with zero attached hydrogens (tertiary/aromatic N) is 2. The van der Waals surface area contributed by atoms with E-state index in [9.17, 15) is 27.9 Å². The zero-order valence-corrected chi connectivity index (χ0v) is 18.4. The summed E-state index contributed by atoms with van der Waals surface area (Å²) in [6.45, 7) is 5.41. The molecule has 11 heteroatoms. The number of aromatic amines is 1. The number of aliphatic hydroxyl groups excluding tert-OH is 1. The van der Waals surface area contributed by atoms with Crippen LogP contribution in [-0.2, 0) is 6.18 Å². The fraction of sp³-hybridized carbons (Fsp3) is 0.500. The van der Waals surface area contributed by atoms with Crippen molar-refractivity contribution < 1.29 is 27.8 Å². The highest BCUT2D eigenvalue weighted by molar-refractivity contribution is 5.95. The quantitative estimate of drug-likeness (QED) is 0.574. The third-order valence-corrected chi connectivity index (χ3v) is 5.47. The zero-order chi connectivity index (χ0) is 24.2. The van der Waals surface area contributed by atoms with Crippen LogP contribution >= 0.6 is 0 Å². The van der Waals surface area contributed by atoms with Crippen molar-refractivity contribution in [1.82, 2.24) is 20.2 Å². The molecule has 180 valence electrons. The number of H-pyrrole nitrogens is 1. The monoisotopic (exact) mass is 468 g/mol. The van der Waals surface area contributed by atoms with E-state index in [2.05, 4.69) is 16.4 Å². The number of aromatic nitrogens is 2. The van der Waals surface area contributed by atoms with Crippen LogP contribution in [-0.4, -0.2) is 64.3 Å². The van der Waals surface area contributed by atoms with Gasteiger partial charge in [-0.15, -0.1) is 0 Å². The van der Waals surface area contributed by atoms with Gasteiger partial charge < -0.3 is 25.0 Å². The van der Waals surface area contributed by atoms with E-state index in [1.807, 2.05) is 30.9 Å². The number of nitrogens with one attached hydrogen (secondary N) is 2. The first-order chi connectivity index (χ1) is 15.5. The number of alkyl halides is 3. The van der Waals surface area contributed by atoms with Crippen LogP contribution in [0.1, 0.15) is 40.0 Å². The molecule has 0 radical (unpaired) electrons. The SMILES string of the molecule is Cc1ccc(OC2CCN(C[C@H](O)CNC(=O)c3cnc(=O)[nH]c3C(F)(F)F)CC2)c(C)c1. The molecule has 3 N–H and O–H groups in total. The Kier molecular flexibility index (Phi) is 7.75. The number of rotatable bonds is 7. The van der Waals surface area contributed by atoms with Crippen LogP contribution in [0.5, 0.6) is 5.75 Å². The first kappa shape index (κ1) is 24.7. The van der Waals surface area contributed by atoms with Crippen molar-refractivity contribution in [3.05, 3.63) is 57.3 Å². The zero-order valence-electron chi connectivity index (χ0n) is 18.4. The van der Waals surface area contributed by atoms with Crippen LogP contribution in [0.15, 0.2) is 29.2 Å². The van der Waals surface area contributed by atoms with E-state index in [-0.39, 0.29) is 19.2 Å². The number of carbonyl (C=O) groups excluding carboxylic acids is 1. The lowest BCUT2D eigenvalue weighted by atomic mass is 10.1. The summed E-state index contributed by atoms with van der Waals surface area (Å²) in [5, 5.41) is 12.5. The summed E-state index contributed by atoms with van der Waals surface area (Å²) in [5.74, 6) is -0.220. The number of carbonyl (C=O) groups is 1. The molecule has 1 aromatic heterocycles. The molecule has 0 aliphatic carbocycles. The summed E-state index contributed by atoms with van der Waals surface area (Å²) < 4.78 is 45.3. The lowest BCUT2D eigenvalue weighted by molar-refractivity contribution is -0.141. The van der Waals surface area contributed by atoms with E-state index in [4.69, 9.17) is 4.74 Å². The molecule has 1 aromatic carbocycles. The maximum atomic E-state index is 13.1. The van der Waals surface area contributed by atoms with Gasteiger partial charge in [0.1, 0.15) is 17.5 Å². The average Bonchev–Trinajstić information content (AvgIpc) is 2.74. The fourth-order valence-electron chi connectivity index (χ4n) is 3.78. The topological polar surface area (TPSA) is 108 Å². The van der Waals surface area contributed by atoms with Crippen LogP contribution in [0.3, 0.4) is 0 Å². The molecule has 1 saturated heterocycles. The molecule has 0 saturated carbocycles. The number of ether oxygens (including phenoxy) is 1. The molecule has 1 amide bonds. The van der Waals surface area contributed by atoms with E-state index in [1.165, 1.54) is 5.56 Å². The minimum Gasteiger partial charge on any atom is -0.490 e. The van der Waals surface area contributed by atoms with E-state index in [0.717, 1.165) is 24.2 Å². The Morgan fingerprint density at radius 1 is 1.33 bits per heavy atom. The summed E-state index contributed by atoms with van der Waals surface area (Å²) in [7, 11) is 0. The van der Waals surface area contributed by atoms with Gasteiger partial charge in [-0.1, -0.05) is 17.7 Å². The fourth-order valence-corrected chi connectivity index (χ4v) is 3.78. The Morgan fingerprint density at radius 2 is 2.03 bits per heavy atom. The lowest BCUT2D eigenvalue weighted by Crippen LogP contribution is -2.45. The van der Waals surface area contributed by atoms with Gasteiger partial charge in [0.15, 0.2) is 0 Å². The van der Waals surface area contributed by atoms with Crippen LogP contribution in [0.25, 0.3) is 0 Å². The summed E-state index contributed by atoms with van der Waals surface area (Å²) in [6, 6.07) is 6.03.